The number of carbonyl (C=O) groups is 1. The van der Waals surface area contributed by atoms with Crippen molar-refractivity contribution in [3.05, 3.63) is 120 Å². The maximum absolute atomic E-state index is 13.2. The quantitative estimate of drug-likeness (QED) is 0.282. The van der Waals surface area contributed by atoms with Gasteiger partial charge >= 0.3 is 0 Å². The van der Waals surface area contributed by atoms with Crippen LogP contribution in [0, 0.1) is 0 Å². The molecule has 5 heteroatoms. The molecule has 4 aromatic carbocycles. The number of methoxy groups -OCH3 is 1. The summed E-state index contributed by atoms with van der Waals surface area (Å²) < 4.78 is 5.23. The first-order valence-electron chi connectivity index (χ1n) is 11.4. The number of ether oxygens (including phenoxy) is 1. The Morgan fingerprint density at radius 1 is 0.857 bits per heavy atom. The van der Waals surface area contributed by atoms with Crippen LogP contribution in [0.15, 0.2) is 109 Å². The van der Waals surface area contributed by atoms with Crippen LogP contribution >= 0.6 is 0 Å². The third-order valence-electron chi connectivity index (χ3n) is 5.90. The van der Waals surface area contributed by atoms with Gasteiger partial charge in [0.1, 0.15) is 5.75 Å². The normalized spacial score (nSPS) is 10.7. The molecule has 0 aliphatic carbocycles. The molecule has 0 saturated heterocycles. The SMILES string of the molecule is COc1ccc(CNc2cccc(-c3ccccc3NC(=O)c3ccnc4ccccc34)c2)cc1. The number of nitrogens with one attached hydrogen (secondary N) is 2. The molecular formula is C30H25N3O2. The molecule has 1 amide bonds. The average Bonchev–Trinajstić information content (AvgIpc) is 2.92. The molecule has 1 aromatic heterocycles. The average molecular weight is 460 g/mol. The van der Waals surface area contributed by atoms with Gasteiger partial charge in [-0.3, -0.25) is 9.78 Å². The van der Waals surface area contributed by atoms with E-state index in [1.165, 1.54) is 0 Å². The number of aromatic nitrogens is 1. The zero-order chi connectivity index (χ0) is 24.0. The van der Waals surface area contributed by atoms with Gasteiger partial charge in [-0.2, -0.15) is 0 Å². The molecule has 5 rings (SSSR count). The summed E-state index contributed by atoms with van der Waals surface area (Å²) in [6, 6.07) is 33.5. The summed E-state index contributed by atoms with van der Waals surface area (Å²) in [5, 5.41) is 7.41. The number of anilines is 2. The molecule has 0 atom stereocenters. The minimum absolute atomic E-state index is 0.162. The van der Waals surface area contributed by atoms with E-state index in [4.69, 9.17) is 4.74 Å². The Hall–Kier alpha value is -4.64. The van der Waals surface area contributed by atoms with Crippen molar-refractivity contribution < 1.29 is 9.53 Å². The number of para-hydroxylation sites is 2. The summed E-state index contributed by atoms with van der Waals surface area (Å²) >= 11 is 0. The lowest BCUT2D eigenvalue weighted by atomic mass is 10.0. The van der Waals surface area contributed by atoms with E-state index in [1.54, 1.807) is 19.4 Å². The topological polar surface area (TPSA) is 63.2 Å². The number of amides is 1. The Kier molecular flexibility index (Phi) is 6.39. The molecule has 5 nitrogen and oxygen atoms in total. The minimum atomic E-state index is -0.162. The van der Waals surface area contributed by atoms with Gasteiger partial charge in [-0.05, 0) is 53.6 Å². The molecule has 172 valence electrons. The highest BCUT2D eigenvalue weighted by molar-refractivity contribution is 6.13. The lowest BCUT2D eigenvalue weighted by Crippen LogP contribution is -2.13. The fraction of sp³-hybridized carbons (Fsp3) is 0.0667. The highest BCUT2D eigenvalue weighted by Crippen LogP contribution is 2.30. The van der Waals surface area contributed by atoms with Crippen LogP contribution in [0.5, 0.6) is 5.75 Å². The summed E-state index contributed by atoms with van der Waals surface area (Å²) in [6.45, 7) is 0.695. The summed E-state index contributed by atoms with van der Waals surface area (Å²) in [5.41, 5.74) is 6.27. The summed E-state index contributed by atoms with van der Waals surface area (Å²) in [5.74, 6) is 0.680. The van der Waals surface area contributed by atoms with Crippen LogP contribution in [-0.2, 0) is 6.54 Å². The van der Waals surface area contributed by atoms with Crippen molar-refractivity contribution in [3.63, 3.8) is 0 Å². The van der Waals surface area contributed by atoms with Gasteiger partial charge in [-0.15, -0.1) is 0 Å². The van der Waals surface area contributed by atoms with Crippen LogP contribution in [0.4, 0.5) is 11.4 Å². The first-order chi connectivity index (χ1) is 17.2. The molecule has 0 fully saturated rings. The van der Waals surface area contributed by atoms with E-state index in [0.717, 1.165) is 44.7 Å². The van der Waals surface area contributed by atoms with Crippen LogP contribution in [0.2, 0.25) is 0 Å². The minimum Gasteiger partial charge on any atom is -0.497 e. The zero-order valence-electron chi connectivity index (χ0n) is 19.4. The molecule has 0 aliphatic heterocycles. The van der Waals surface area contributed by atoms with Crippen LogP contribution in [0.3, 0.4) is 0 Å². The van der Waals surface area contributed by atoms with Crippen molar-refractivity contribution in [2.75, 3.05) is 17.7 Å². The first-order valence-corrected chi connectivity index (χ1v) is 11.4. The van der Waals surface area contributed by atoms with Gasteiger partial charge in [-0.25, -0.2) is 0 Å². The predicted octanol–water partition coefficient (Wildman–Crippen LogP) is 6.77. The fourth-order valence-corrected chi connectivity index (χ4v) is 4.07. The smallest absolute Gasteiger partial charge is 0.256 e. The van der Waals surface area contributed by atoms with Crippen molar-refractivity contribution in [3.8, 4) is 16.9 Å². The highest BCUT2D eigenvalue weighted by atomic mass is 16.5. The maximum Gasteiger partial charge on any atom is 0.256 e. The molecular weight excluding hydrogens is 434 g/mol. The van der Waals surface area contributed by atoms with Crippen LogP contribution in [0.1, 0.15) is 15.9 Å². The van der Waals surface area contributed by atoms with Gasteiger partial charge in [0.15, 0.2) is 0 Å². The van der Waals surface area contributed by atoms with Crippen molar-refractivity contribution in [2.24, 2.45) is 0 Å². The Balaban J connectivity index is 1.37. The van der Waals surface area contributed by atoms with Crippen molar-refractivity contribution >= 4 is 28.2 Å². The molecule has 0 spiro atoms. The van der Waals surface area contributed by atoms with Crippen LogP contribution in [-0.4, -0.2) is 18.0 Å². The van der Waals surface area contributed by atoms with Gasteiger partial charge in [0.25, 0.3) is 5.91 Å². The van der Waals surface area contributed by atoms with E-state index in [1.807, 2.05) is 91.0 Å². The molecule has 2 N–H and O–H groups in total. The number of carbonyl (C=O) groups excluding carboxylic acids is 1. The highest BCUT2D eigenvalue weighted by Gasteiger charge is 2.13. The lowest BCUT2D eigenvalue weighted by Gasteiger charge is -2.14. The van der Waals surface area contributed by atoms with Crippen LogP contribution < -0.4 is 15.4 Å². The lowest BCUT2D eigenvalue weighted by molar-refractivity contribution is 0.102. The second kappa shape index (κ2) is 10.1. The van der Waals surface area contributed by atoms with Crippen molar-refractivity contribution in [1.29, 1.82) is 0 Å². The Morgan fingerprint density at radius 2 is 1.66 bits per heavy atom. The molecule has 1 heterocycles. The van der Waals surface area contributed by atoms with Gasteiger partial charge in [0.05, 0.1) is 18.2 Å². The second-order valence-corrected chi connectivity index (χ2v) is 8.16. The Morgan fingerprint density at radius 3 is 2.51 bits per heavy atom. The van der Waals surface area contributed by atoms with E-state index in [2.05, 4.69) is 21.7 Å². The second-order valence-electron chi connectivity index (χ2n) is 8.16. The van der Waals surface area contributed by atoms with Gasteiger partial charge < -0.3 is 15.4 Å². The number of nitrogens with zero attached hydrogens (tertiary/aromatic N) is 1. The van der Waals surface area contributed by atoms with E-state index >= 15 is 0 Å². The van der Waals surface area contributed by atoms with Crippen molar-refractivity contribution in [2.45, 2.75) is 6.54 Å². The van der Waals surface area contributed by atoms with Crippen LogP contribution in [0.25, 0.3) is 22.0 Å². The zero-order valence-corrected chi connectivity index (χ0v) is 19.4. The van der Waals surface area contributed by atoms with Gasteiger partial charge in [-0.1, -0.05) is 60.7 Å². The standard InChI is InChI=1S/C30H25N3O2/c1-35-24-15-13-21(14-16-24)20-32-23-8-6-7-22(19-23)25-9-2-5-12-29(25)33-30(34)27-17-18-31-28-11-4-3-10-26(27)28/h2-19,32H,20H2,1H3,(H,33,34). The van der Waals surface area contributed by atoms with E-state index in [9.17, 15) is 4.79 Å². The van der Waals surface area contributed by atoms with Gasteiger partial charge in [0, 0.05) is 35.1 Å². The molecule has 0 unspecified atom stereocenters. The Bertz CT molecular complexity index is 1470. The Labute approximate surface area is 204 Å². The van der Waals surface area contributed by atoms with Gasteiger partial charge in [0.2, 0.25) is 0 Å². The number of fused-ring (bicyclic) bond motifs is 1. The summed E-state index contributed by atoms with van der Waals surface area (Å²) in [4.78, 5) is 17.6. The summed E-state index contributed by atoms with van der Waals surface area (Å²) in [6.07, 6.45) is 1.67. The van der Waals surface area contributed by atoms with E-state index < -0.39 is 0 Å². The largest absolute Gasteiger partial charge is 0.497 e. The fourth-order valence-electron chi connectivity index (χ4n) is 4.07. The van der Waals surface area contributed by atoms with E-state index in [-0.39, 0.29) is 5.91 Å². The maximum atomic E-state index is 13.2. The third-order valence-corrected chi connectivity index (χ3v) is 5.90. The number of benzene rings is 4. The first kappa shape index (κ1) is 22.2. The van der Waals surface area contributed by atoms with Crippen molar-refractivity contribution in [1.82, 2.24) is 4.98 Å². The monoisotopic (exact) mass is 459 g/mol. The number of hydrogen-bond donors (Lipinski definition) is 2. The molecule has 0 radical (unpaired) electrons. The molecule has 35 heavy (non-hydrogen) atoms. The number of hydrogen-bond acceptors (Lipinski definition) is 4. The number of pyridine rings is 1. The molecule has 0 aliphatic rings. The molecule has 5 aromatic rings. The molecule has 0 bridgehead atoms. The third kappa shape index (κ3) is 4.99. The predicted molar refractivity (Wildman–Crippen MR) is 142 cm³/mol. The van der Waals surface area contributed by atoms with E-state index in [0.29, 0.717) is 12.1 Å². The molecule has 0 saturated carbocycles. The number of rotatable bonds is 7. The summed E-state index contributed by atoms with van der Waals surface area (Å²) in [7, 11) is 1.66.